The minimum atomic E-state index is -4.01. The van der Waals surface area contributed by atoms with Gasteiger partial charge < -0.3 is 19.4 Å². The molecule has 0 spiro atoms. The molecule has 168 valence electrons. The van der Waals surface area contributed by atoms with Gasteiger partial charge in [0.05, 0.1) is 36.9 Å². The maximum Gasteiger partial charge on any atom is 0.241 e. The first-order chi connectivity index (χ1) is 14.8. The van der Waals surface area contributed by atoms with Crippen molar-refractivity contribution in [1.82, 2.24) is 14.9 Å². The Kier molecular flexibility index (Phi) is 7.77. The summed E-state index contributed by atoms with van der Waals surface area (Å²) >= 11 is 0. The number of carbonyl (C=O) groups is 2. The standard InChI is InChI=1S/C20H24FN3O6S/c21-15-5-7-18(8-6-15)31(27,28)23-12-20(26)24(13-17-4-2-10-30-17)14-19(25)22-11-16-3-1-9-29-16/h1,3,5-9,17,23H,2,4,10-14H2,(H,22,25)/t17-/m0/s1. The summed E-state index contributed by atoms with van der Waals surface area (Å²) in [6, 6.07) is 7.65. The number of benzene rings is 1. The molecule has 0 aliphatic carbocycles. The van der Waals surface area contributed by atoms with Crippen LogP contribution in [0.2, 0.25) is 0 Å². The van der Waals surface area contributed by atoms with Crippen LogP contribution in [0.1, 0.15) is 18.6 Å². The molecule has 1 aromatic heterocycles. The lowest BCUT2D eigenvalue weighted by Crippen LogP contribution is -2.47. The Morgan fingerprint density at radius 2 is 1.97 bits per heavy atom. The van der Waals surface area contributed by atoms with Crippen molar-refractivity contribution in [1.29, 1.82) is 0 Å². The highest BCUT2D eigenvalue weighted by atomic mass is 32.2. The lowest BCUT2D eigenvalue weighted by atomic mass is 10.2. The molecular formula is C20H24FN3O6S. The first kappa shape index (κ1) is 22.9. The molecule has 1 fully saturated rings. The third-order valence-corrected chi connectivity index (χ3v) is 6.13. The summed E-state index contributed by atoms with van der Waals surface area (Å²) in [4.78, 5) is 26.1. The van der Waals surface area contributed by atoms with Gasteiger partial charge in [-0.2, -0.15) is 0 Å². The summed E-state index contributed by atoms with van der Waals surface area (Å²) in [5, 5.41) is 2.66. The predicted octanol–water partition coefficient (Wildman–Crippen LogP) is 1.02. The second kappa shape index (κ2) is 10.5. The zero-order valence-electron chi connectivity index (χ0n) is 16.8. The van der Waals surface area contributed by atoms with Gasteiger partial charge in [0.1, 0.15) is 11.6 Å². The lowest BCUT2D eigenvalue weighted by molar-refractivity contribution is -0.136. The van der Waals surface area contributed by atoms with Crippen LogP contribution in [-0.4, -0.2) is 57.5 Å². The number of sulfonamides is 1. The molecule has 2 amide bonds. The molecule has 2 heterocycles. The van der Waals surface area contributed by atoms with E-state index in [1.165, 1.54) is 11.2 Å². The Morgan fingerprint density at radius 3 is 2.61 bits per heavy atom. The maximum absolute atomic E-state index is 13.0. The van der Waals surface area contributed by atoms with E-state index in [0.29, 0.717) is 12.4 Å². The molecule has 0 saturated carbocycles. The number of carbonyl (C=O) groups excluding carboxylic acids is 2. The molecule has 3 rings (SSSR count). The zero-order chi connectivity index (χ0) is 22.3. The minimum Gasteiger partial charge on any atom is -0.467 e. The number of hydrogen-bond donors (Lipinski definition) is 2. The van der Waals surface area contributed by atoms with Crippen molar-refractivity contribution in [3.8, 4) is 0 Å². The van der Waals surface area contributed by atoms with Crippen LogP contribution >= 0.6 is 0 Å². The fraction of sp³-hybridized carbons (Fsp3) is 0.400. The number of halogens is 1. The first-order valence-electron chi connectivity index (χ1n) is 9.77. The summed E-state index contributed by atoms with van der Waals surface area (Å²) < 4.78 is 50.6. The van der Waals surface area contributed by atoms with E-state index < -0.39 is 34.2 Å². The molecule has 1 aliphatic rings. The van der Waals surface area contributed by atoms with Gasteiger partial charge >= 0.3 is 0 Å². The van der Waals surface area contributed by atoms with Crippen LogP contribution in [0.5, 0.6) is 0 Å². The van der Waals surface area contributed by atoms with E-state index >= 15 is 0 Å². The molecule has 31 heavy (non-hydrogen) atoms. The molecule has 2 N–H and O–H groups in total. The quantitative estimate of drug-likeness (QED) is 0.555. The molecule has 1 aromatic carbocycles. The third kappa shape index (κ3) is 6.88. The molecule has 2 aromatic rings. The second-order valence-corrected chi connectivity index (χ2v) is 8.81. The molecule has 1 atom stereocenters. The smallest absolute Gasteiger partial charge is 0.241 e. The molecule has 11 heteroatoms. The average molecular weight is 453 g/mol. The van der Waals surface area contributed by atoms with Crippen molar-refractivity contribution in [3.05, 3.63) is 54.2 Å². The Labute approximate surface area is 179 Å². The van der Waals surface area contributed by atoms with Crippen molar-refractivity contribution in [3.63, 3.8) is 0 Å². The Morgan fingerprint density at radius 1 is 1.19 bits per heavy atom. The minimum absolute atomic E-state index is 0.163. The van der Waals surface area contributed by atoms with Gasteiger partial charge in [-0.1, -0.05) is 0 Å². The third-order valence-electron chi connectivity index (χ3n) is 4.71. The topological polar surface area (TPSA) is 118 Å². The molecule has 0 unspecified atom stereocenters. The van der Waals surface area contributed by atoms with Crippen LogP contribution in [0.4, 0.5) is 4.39 Å². The predicted molar refractivity (Wildman–Crippen MR) is 108 cm³/mol. The van der Waals surface area contributed by atoms with E-state index in [4.69, 9.17) is 9.15 Å². The molecule has 1 aliphatic heterocycles. The summed E-state index contributed by atoms with van der Waals surface area (Å²) in [6.07, 6.45) is 2.88. The molecule has 0 bridgehead atoms. The van der Waals surface area contributed by atoms with E-state index in [-0.39, 0.29) is 30.6 Å². The van der Waals surface area contributed by atoms with Gasteiger partial charge in [0.25, 0.3) is 0 Å². The number of nitrogens with zero attached hydrogens (tertiary/aromatic N) is 1. The van der Waals surface area contributed by atoms with Gasteiger partial charge in [-0.25, -0.2) is 17.5 Å². The normalized spacial score (nSPS) is 16.2. The van der Waals surface area contributed by atoms with E-state index in [2.05, 4.69) is 10.0 Å². The Bertz CT molecular complexity index is 973. The summed E-state index contributed by atoms with van der Waals surface area (Å²) in [5.41, 5.74) is 0. The van der Waals surface area contributed by atoms with Crippen molar-refractivity contribution < 1.29 is 31.6 Å². The summed E-state index contributed by atoms with van der Waals surface area (Å²) in [5.74, 6) is -0.991. The fourth-order valence-electron chi connectivity index (χ4n) is 3.08. The van der Waals surface area contributed by atoms with Crippen LogP contribution in [0, 0.1) is 5.82 Å². The van der Waals surface area contributed by atoms with Gasteiger partial charge in [-0.3, -0.25) is 9.59 Å². The van der Waals surface area contributed by atoms with Crippen LogP contribution in [0.3, 0.4) is 0 Å². The highest BCUT2D eigenvalue weighted by molar-refractivity contribution is 7.89. The van der Waals surface area contributed by atoms with Crippen molar-refractivity contribution in [2.24, 2.45) is 0 Å². The van der Waals surface area contributed by atoms with Crippen LogP contribution in [0.15, 0.2) is 52.0 Å². The lowest BCUT2D eigenvalue weighted by Gasteiger charge is -2.25. The number of furan rings is 1. The Hall–Kier alpha value is -2.76. The van der Waals surface area contributed by atoms with E-state index in [1.54, 1.807) is 12.1 Å². The summed E-state index contributed by atoms with van der Waals surface area (Å²) in [6.45, 7) is 0.125. The number of rotatable bonds is 10. The van der Waals surface area contributed by atoms with Gasteiger partial charge in [-0.15, -0.1) is 0 Å². The van der Waals surface area contributed by atoms with E-state index in [0.717, 1.165) is 37.1 Å². The maximum atomic E-state index is 13.0. The average Bonchev–Trinajstić information content (AvgIpc) is 3.44. The van der Waals surface area contributed by atoms with Gasteiger partial charge in [-0.05, 0) is 49.2 Å². The number of hydrogen-bond acceptors (Lipinski definition) is 6. The highest BCUT2D eigenvalue weighted by Crippen LogP contribution is 2.14. The van der Waals surface area contributed by atoms with Gasteiger partial charge in [0, 0.05) is 13.2 Å². The highest BCUT2D eigenvalue weighted by Gasteiger charge is 2.25. The summed E-state index contributed by atoms with van der Waals surface area (Å²) in [7, 11) is -4.01. The largest absolute Gasteiger partial charge is 0.467 e. The molecule has 9 nitrogen and oxygen atoms in total. The number of nitrogens with one attached hydrogen (secondary N) is 2. The second-order valence-electron chi connectivity index (χ2n) is 7.04. The van der Waals surface area contributed by atoms with Crippen molar-refractivity contribution >= 4 is 21.8 Å². The first-order valence-corrected chi connectivity index (χ1v) is 11.3. The van der Waals surface area contributed by atoms with Crippen LogP contribution in [0.25, 0.3) is 0 Å². The number of ether oxygens (including phenoxy) is 1. The van der Waals surface area contributed by atoms with Crippen LogP contribution < -0.4 is 10.0 Å². The Balaban J connectivity index is 1.59. The van der Waals surface area contributed by atoms with Gasteiger partial charge in [0.15, 0.2) is 0 Å². The van der Waals surface area contributed by atoms with Crippen molar-refractivity contribution in [2.75, 3.05) is 26.2 Å². The molecule has 1 saturated heterocycles. The number of amides is 2. The van der Waals surface area contributed by atoms with Crippen molar-refractivity contribution in [2.45, 2.75) is 30.4 Å². The monoisotopic (exact) mass is 453 g/mol. The molecule has 0 radical (unpaired) electrons. The van der Waals surface area contributed by atoms with E-state index in [9.17, 15) is 22.4 Å². The fourth-order valence-corrected chi connectivity index (χ4v) is 4.06. The van der Waals surface area contributed by atoms with E-state index in [1.807, 2.05) is 0 Å². The molecular weight excluding hydrogens is 429 g/mol. The van der Waals surface area contributed by atoms with Crippen LogP contribution in [-0.2, 0) is 30.9 Å². The van der Waals surface area contributed by atoms with Gasteiger partial charge in [0.2, 0.25) is 21.8 Å². The SMILES string of the molecule is O=C(CN(C[C@@H]1CCCO1)C(=O)CNS(=O)(=O)c1ccc(F)cc1)NCc1ccco1. The zero-order valence-corrected chi connectivity index (χ0v) is 17.6.